The summed E-state index contributed by atoms with van der Waals surface area (Å²) in [6.07, 6.45) is 8.94. The van der Waals surface area contributed by atoms with Crippen LogP contribution in [0.2, 0.25) is 0 Å². The van der Waals surface area contributed by atoms with Crippen LogP contribution in [0, 0.1) is 5.41 Å². The first-order valence-corrected chi connectivity index (χ1v) is 12.0. The van der Waals surface area contributed by atoms with E-state index in [0.717, 1.165) is 58.2 Å². The third-order valence-corrected chi connectivity index (χ3v) is 7.24. The van der Waals surface area contributed by atoms with Gasteiger partial charge in [-0.2, -0.15) is 0 Å². The normalized spacial score (nSPS) is 20.8. The van der Waals surface area contributed by atoms with E-state index in [4.69, 9.17) is 14.2 Å². The molecule has 170 valence electrons. The lowest BCUT2D eigenvalue weighted by molar-refractivity contribution is -0.177. The summed E-state index contributed by atoms with van der Waals surface area (Å²) >= 11 is 0. The van der Waals surface area contributed by atoms with Gasteiger partial charge in [-0.15, -0.1) is 0 Å². The van der Waals surface area contributed by atoms with Crippen molar-refractivity contribution in [1.29, 1.82) is 0 Å². The molecule has 0 aliphatic heterocycles. The van der Waals surface area contributed by atoms with E-state index in [-0.39, 0.29) is 22.7 Å². The Bertz CT molecular complexity index is 399. The van der Waals surface area contributed by atoms with Crippen LogP contribution < -0.4 is 0 Å². The van der Waals surface area contributed by atoms with E-state index in [1.165, 1.54) is 6.42 Å². The maximum absolute atomic E-state index is 6.80. The number of unbranched alkanes of at least 4 members (excludes halogenated alkanes) is 1. The Morgan fingerprint density at radius 2 is 1.43 bits per heavy atom. The van der Waals surface area contributed by atoms with E-state index in [0.29, 0.717) is 6.10 Å². The zero-order valence-electron chi connectivity index (χ0n) is 21.0. The third kappa shape index (κ3) is 8.71. The lowest BCUT2D eigenvalue weighted by atomic mass is 9.68. The highest BCUT2D eigenvalue weighted by atomic mass is 16.5. The Balaban J connectivity index is 5.05. The first kappa shape index (κ1) is 27.9. The predicted octanol–water partition coefficient (Wildman–Crippen LogP) is 7.56. The molecule has 3 nitrogen and oxygen atoms in total. The summed E-state index contributed by atoms with van der Waals surface area (Å²) in [4.78, 5) is 0. The first-order chi connectivity index (χ1) is 13.0. The molecular weight excluding hydrogens is 348 g/mol. The standard InChI is InChI=1S/C25H52O3/c1-11-16-18-27-24(9,14-4)20-22(7)28-25(10,15-5)23(8,13-3)17-19-26-21(6)12-2/h21-22H,11-20H2,1-10H3. The Morgan fingerprint density at radius 1 is 0.786 bits per heavy atom. The summed E-state index contributed by atoms with van der Waals surface area (Å²) in [5.74, 6) is 0. The van der Waals surface area contributed by atoms with Crippen molar-refractivity contribution < 1.29 is 14.2 Å². The fourth-order valence-corrected chi connectivity index (χ4v) is 3.93. The highest BCUT2D eigenvalue weighted by Crippen LogP contribution is 2.44. The van der Waals surface area contributed by atoms with Crippen molar-refractivity contribution in [2.45, 2.75) is 144 Å². The molecule has 0 amide bonds. The Morgan fingerprint density at radius 3 is 1.89 bits per heavy atom. The molecule has 0 aromatic heterocycles. The molecule has 0 aromatic rings. The van der Waals surface area contributed by atoms with Crippen molar-refractivity contribution in [3.8, 4) is 0 Å². The van der Waals surface area contributed by atoms with Crippen molar-refractivity contribution in [3.05, 3.63) is 0 Å². The van der Waals surface area contributed by atoms with Gasteiger partial charge in [0.1, 0.15) is 0 Å². The molecule has 0 heterocycles. The van der Waals surface area contributed by atoms with Gasteiger partial charge in [-0.1, -0.05) is 48.0 Å². The maximum Gasteiger partial charge on any atom is 0.0709 e. The van der Waals surface area contributed by atoms with Gasteiger partial charge in [0.2, 0.25) is 0 Å². The summed E-state index contributed by atoms with van der Waals surface area (Å²) in [6.45, 7) is 24.1. The molecule has 0 saturated carbocycles. The van der Waals surface area contributed by atoms with Crippen molar-refractivity contribution in [1.82, 2.24) is 0 Å². The predicted molar refractivity (Wildman–Crippen MR) is 122 cm³/mol. The fraction of sp³-hybridized carbons (Fsp3) is 1.00. The van der Waals surface area contributed by atoms with Gasteiger partial charge in [-0.25, -0.2) is 0 Å². The highest BCUT2D eigenvalue weighted by molar-refractivity contribution is 4.94. The average molecular weight is 401 g/mol. The molecule has 0 saturated heterocycles. The number of hydrogen-bond donors (Lipinski definition) is 0. The van der Waals surface area contributed by atoms with Crippen LogP contribution in [0.1, 0.15) is 121 Å². The lowest BCUT2D eigenvalue weighted by Gasteiger charge is -2.48. The van der Waals surface area contributed by atoms with Crippen molar-refractivity contribution in [2.75, 3.05) is 13.2 Å². The van der Waals surface area contributed by atoms with Crippen LogP contribution in [0.15, 0.2) is 0 Å². The number of hydrogen-bond acceptors (Lipinski definition) is 3. The molecule has 3 heteroatoms. The zero-order chi connectivity index (χ0) is 21.8. The SMILES string of the molecule is CCCCOC(C)(CC)CC(C)OC(C)(CC)C(C)(CC)CCOC(C)CC. The van der Waals surface area contributed by atoms with Crippen LogP contribution in [0.3, 0.4) is 0 Å². The van der Waals surface area contributed by atoms with Gasteiger partial charge in [-0.05, 0) is 71.6 Å². The van der Waals surface area contributed by atoms with Gasteiger partial charge < -0.3 is 14.2 Å². The first-order valence-electron chi connectivity index (χ1n) is 12.0. The van der Waals surface area contributed by atoms with Crippen LogP contribution in [0.5, 0.6) is 0 Å². The van der Waals surface area contributed by atoms with E-state index in [9.17, 15) is 0 Å². The quantitative estimate of drug-likeness (QED) is 0.236. The van der Waals surface area contributed by atoms with Crippen LogP contribution in [-0.2, 0) is 14.2 Å². The molecule has 0 N–H and O–H groups in total. The molecular formula is C25H52O3. The Hall–Kier alpha value is -0.120. The molecule has 0 fully saturated rings. The van der Waals surface area contributed by atoms with Gasteiger partial charge in [-0.3, -0.25) is 0 Å². The summed E-state index contributed by atoms with van der Waals surface area (Å²) in [5.41, 5.74) is -0.182. The third-order valence-electron chi connectivity index (χ3n) is 7.24. The second-order valence-electron chi connectivity index (χ2n) is 9.48. The molecule has 0 rings (SSSR count). The molecule has 28 heavy (non-hydrogen) atoms. The minimum Gasteiger partial charge on any atom is -0.378 e. The summed E-state index contributed by atoms with van der Waals surface area (Å²) in [6, 6.07) is 0. The van der Waals surface area contributed by atoms with Crippen LogP contribution in [0.4, 0.5) is 0 Å². The summed E-state index contributed by atoms with van der Waals surface area (Å²) in [5, 5.41) is 0. The monoisotopic (exact) mass is 400 g/mol. The van der Waals surface area contributed by atoms with Crippen molar-refractivity contribution in [2.24, 2.45) is 5.41 Å². The van der Waals surface area contributed by atoms with E-state index in [1.54, 1.807) is 0 Å². The van der Waals surface area contributed by atoms with Gasteiger partial charge in [0.05, 0.1) is 23.4 Å². The fourth-order valence-electron chi connectivity index (χ4n) is 3.93. The molecule has 0 aromatic carbocycles. The second-order valence-corrected chi connectivity index (χ2v) is 9.48. The van der Waals surface area contributed by atoms with Crippen LogP contribution in [0.25, 0.3) is 0 Å². The summed E-state index contributed by atoms with van der Waals surface area (Å²) in [7, 11) is 0. The highest BCUT2D eigenvalue weighted by Gasteiger charge is 2.44. The van der Waals surface area contributed by atoms with Gasteiger partial charge in [0, 0.05) is 19.6 Å². The van der Waals surface area contributed by atoms with E-state index in [2.05, 4.69) is 69.2 Å². The molecule has 0 aliphatic carbocycles. The van der Waals surface area contributed by atoms with E-state index >= 15 is 0 Å². The van der Waals surface area contributed by atoms with Crippen LogP contribution >= 0.6 is 0 Å². The molecule has 5 atom stereocenters. The van der Waals surface area contributed by atoms with Gasteiger partial charge in [0.25, 0.3) is 0 Å². The van der Waals surface area contributed by atoms with E-state index in [1.807, 2.05) is 0 Å². The van der Waals surface area contributed by atoms with Gasteiger partial charge >= 0.3 is 0 Å². The van der Waals surface area contributed by atoms with Crippen LogP contribution in [-0.4, -0.2) is 36.6 Å². The number of ether oxygens (including phenoxy) is 3. The molecule has 5 unspecified atom stereocenters. The van der Waals surface area contributed by atoms with Gasteiger partial charge in [0.15, 0.2) is 0 Å². The lowest BCUT2D eigenvalue weighted by Crippen LogP contribution is -2.49. The largest absolute Gasteiger partial charge is 0.378 e. The van der Waals surface area contributed by atoms with E-state index < -0.39 is 0 Å². The molecule has 0 bridgehead atoms. The maximum atomic E-state index is 6.80. The van der Waals surface area contributed by atoms with Crippen molar-refractivity contribution >= 4 is 0 Å². The zero-order valence-corrected chi connectivity index (χ0v) is 21.0. The smallest absolute Gasteiger partial charge is 0.0709 e. The van der Waals surface area contributed by atoms with Crippen molar-refractivity contribution in [3.63, 3.8) is 0 Å². The minimum absolute atomic E-state index is 0.0924. The molecule has 0 aliphatic rings. The molecule has 0 radical (unpaired) electrons. The molecule has 0 spiro atoms. The Kier molecular flexibility index (Phi) is 13.2. The summed E-state index contributed by atoms with van der Waals surface area (Å²) < 4.78 is 19.1. The Labute approximate surface area is 177 Å². The minimum atomic E-state index is -0.169. The topological polar surface area (TPSA) is 27.7 Å². The second kappa shape index (κ2) is 13.2. The number of rotatable bonds is 17. The average Bonchev–Trinajstić information content (AvgIpc) is 2.67.